The van der Waals surface area contributed by atoms with Gasteiger partial charge >= 0.3 is 6.68 Å². The van der Waals surface area contributed by atoms with E-state index in [2.05, 4.69) is 23.0 Å². The van der Waals surface area contributed by atoms with Crippen LogP contribution < -0.4 is 10.1 Å². The van der Waals surface area contributed by atoms with Gasteiger partial charge in [-0.1, -0.05) is 18.7 Å². The van der Waals surface area contributed by atoms with Crippen LogP contribution in [0.4, 0.5) is 18.9 Å². The monoisotopic (exact) mass is 358 g/mol. The SMILES string of the molecule is C=CC(=O)Nc1cnc(OC)c(/C=C/C2CCCOC2)c1.FC(F)F. The summed E-state index contributed by atoms with van der Waals surface area (Å²) in [4.78, 5) is 15.5. The van der Waals surface area contributed by atoms with Crippen molar-refractivity contribution in [2.45, 2.75) is 19.5 Å². The van der Waals surface area contributed by atoms with Gasteiger partial charge in [-0.25, -0.2) is 4.98 Å². The molecule has 8 heteroatoms. The normalized spacial score (nSPS) is 16.9. The van der Waals surface area contributed by atoms with Gasteiger partial charge in [0.2, 0.25) is 11.8 Å². The van der Waals surface area contributed by atoms with Crippen LogP contribution >= 0.6 is 0 Å². The quantitative estimate of drug-likeness (QED) is 0.813. The van der Waals surface area contributed by atoms with Crippen molar-refractivity contribution in [1.82, 2.24) is 4.98 Å². The zero-order chi connectivity index (χ0) is 18.7. The standard InChI is InChI=1S/C16H20N2O3.CHF3/c1-3-15(19)18-14-9-13(16(20-2)17-10-14)7-6-12-5-4-8-21-11-12;2-1(3)4/h3,6-7,9-10,12H,1,4-5,8,11H2,2H3,(H,18,19);1H/b7-6+;. The fraction of sp³-hybridized carbons (Fsp3) is 0.412. The fourth-order valence-electron chi connectivity index (χ4n) is 2.18. The third-order valence-electron chi connectivity index (χ3n) is 3.27. The lowest BCUT2D eigenvalue weighted by molar-refractivity contribution is -0.111. The molecule has 2 rings (SSSR count). The molecule has 25 heavy (non-hydrogen) atoms. The Balaban J connectivity index is 0.000000705. The molecule has 2 heterocycles. The largest absolute Gasteiger partial charge is 0.481 e. The Labute approximate surface area is 144 Å². The van der Waals surface area contributed by atoms with Crippen molar-refractivity contribution in [3.05, 3.63) is 36.6 Å². The number of methoxy groups -OCH3 is 1. The summed E-state index contributed by atoms with van der Waals surface area (Å²) in [5.74, 6) is 0.673. The van der Waals surface area contributed by atoms with Gasteiger partial charge in [-0.05, 0) is 25.0 Å². The Morgan fingerprint density at radius 3 is 2.80 bits per heavy atom. The van der Waals surface area contributed by atoms with Gasteiger partial charge in [0.25, 0.3) is 0 Å². The molecule has 1 N–H and O–H groups in total. The molecule has 1 aliphatic heterocycles. The summed E-state index contributed by atoms with van der Waals surface area (Å²) in [5.41, 5.74) is 1.44. The maximum Gasteiger partial charge on any atom is 0.379 e. The van der Waals surface area contributed by atoms with Crippen LogP contribution in [0.2, 0.25) is 0 Å². The van der Waals surface area contributed by atoms with Crippen LogP contribution in [0.15, 0.2) is 31.0 Å². The molecule has 1 saturated heterocycles. The van der Waals surface area contributed by atoms with Gasteiger partial charge in [0.05, 0.1) is 25.6 Å². The van der Waals surface area contributed by atoms with Crippen LogP contribution in [0.3, 0.4) is 0 Å². The molecule has 1 fully saturated rings. The second-order valence-corrected chi connectivity index (χ2v) is 5.10. The zero-order valence-corrected chi connectivity index (χ0v) is 13.9. The Kier molecular flexibility index (Phi) is 9.31. The first-order valence-corrected chi connectivity index (χ1v) is 7.62. The number of rotatable bonds is 5. The smallest absolute Gasteiger partial charge is 0.379 e. The van der Waals surface area contributed by atoms with E-state index >= 15 is 0 Å². The number of amides is 1. The predicted octanol–water partition coefficient (Wildman–Crippen LogP) is 3.83. The van der Waals surface area contributed by atoms with E-state index in [-0.39, 0.29) is 5.91 Å². The second-order valence-electron chi connectivity index (χ2n) is 5.10. The van der Waals surface area contributed by atoms with Crippen molar-refractivity contribution in [2.75, 3.05) is 25.6 Å². The molecular formula is C17H21F3N2O3. The molecule has 0 spiro atoms. The molecule has 0 aliphatic carbocycles. The summed E-state index contributed by atoms with van der Waals surface area (Å²) in [7, 11) is 1.57. The van der Waals surface area contributed by atoms with Crippen molar-refractivity contribution in [2.24, 2.45) is 5.92 Å². The van der Waals surface area contributed by atoms with E-state index in [0.717, 1.165) is 31.6 Å². The Morgan fingerprint density at radius 1 is 1.52 bits per heavy atom. The van der Waals surface area contributed by atoms with Gasteiger partial charge in [-0.2, -0.15) is 13.2 Å². The molecule has 5 nitrogen and oxygen atoms in total. The van der Waals surface area contributed by atoms with Crippen LogP contribution in [0.5, 0.6) is 5.88 Å². The molecule has 138 valence electrons. The minimum absolute atomic E-state index is 0.266. The Morgan fingerprint density at radius 2 is 2.24 bits per heavy atom. The highest BCUT2D eigenvalue weighted by atomic mass is 19.4. The number of ether oxygens (including phenoxy) is 2. The summed E-state index contributed by atoms with van der Waals surface area (Å²) in [6.07, 6.45) is 9.06. The summed E-state index contributed by atoms with van der Waals surface area (Å²) in [6, 6.07) is 1.83. The number of nitrogens with zero attached hydrogens (tertiary/aromatic N) is 1. The summed E-state index contributed by atoms with van der Waals surface area (Å²) < 4.78 is 39.7. The van der Waals surface area contributed by atoms with E-state index in [4.69, 9.17) is 9.47 Å². The number of alkyl halides is 3. The minimum atomic E-state index is -3.67. The molecule has 1 aliphatic rings. The number of hydrogen-bond acceptors (Lipinski definition) is 4. The van der Waals surface area contributed by atoms with Gasteiger partial charge in [-0.15, -0.1) is 0 Å². The van der Waals surface area contributed by atoms with Crippen LogP contribution in [-0.2, 0) is 9.53 Å². The lowest BCUT2D eigenvalue weighted by atomic mass is 10.0. The highest BCUT2D eigenvalue weighted by Gasteiger charge is 2.11. The number of hydrogen-bond donors (Lipinski definition) is 1. The van der Waals surface area contributed by atoms with Crippen LogP contribution in [0.25, 0.3) is 6.08 Å². The average Bonchev–Trinajstić information content (AvgIpc) is 2.60. The highest BCUT2D eigenvalue weighted by Crippen LogP contribution is 2.23. The highest BCUT2D eigenvalue weighted by molar-refractivity contribution is 5.98. The molecule has 1 aromatic rings. The summed E-state index contributed by atoms with van der Waals surface area (Å²) >= 11 is 0. The number of anilines is 1. The van der Waals surface area contributed by atoms with Crippen LogP contribution in [-0.4, -0.2) is 37.9 Å². The second kappa shape index (κ2) is 11.2. The lowest BCUT2D eigenvalue weighted by Gasteiger charge is -2.18. The van der Waals surface area contributed by atoms with E-state index in [1.807, 2.05) is 12.1 Å². The van der Waals surface area contributed by atoms with Crippen molar-refractivity contribution in [1.29, 1.82) is 0 Å². The number of carbonyl (C=O) groups is 1. The van der Waals surface area contributed by atoms with Crippen LogP contribution in [0, 0.1) is 5.92 Å². The van der Waals surface area contributed by atoms with Gasteiger partial charge in [0, 0.05) is 18.1 Å². The first-order valence-electron chi connectivity index (χ1n) is 7.62. The number of halogens is 3. The molecule has 1 atom stereocenters. The third-order valence-corrected chi connectivity index (χ3v) is 3.27. The number of nitrogens with one attached hydrogen (secondary N) is 1. The molecule has 1 aromatic heterocycles. The molecular weight excluding hydrogens is 337 g/mol. The van der Waals surface area contributed by atoms with Gasteiger partial charge in [0.1, 0.15) is 0 Å². The lowest BCUT2D eigenvalue weighted by Crippen LogP contribution is -2.14. The molecule has 1 amide bonds. The van der Waals surface area contributed by atoms with Crippen LogP contribution in [0.1, 0.15) is 18.4 Å². The zero-order valence-electron chi connectivity index (χ0n) is 13.9. The summed E-state index contributed by atoms with van der Waals surface area (Å²) in [6.45, 7) is 1.35. The topological polar surface area (TPSA) is 60.5 Å². The molecule has 0 radical (unpaired) electrons. The number of aromatic nitrogens is 1. The van der Waals surface area contributed by atoms with E-state index in [1.54, 1.807) is 13.3 Å². The molecule has 0 saturated carbocycles. The Hall–Kier alpha value is -2.35. The van der Waals surface area contributed by atoms with E-state index in [0.29, 0.717) is 17.5 Å². The molecule has 1 unspecified atom stereocenters. The van der Waals surface area contributed by atoms with Crippen molar-refractivity contribution >= 4 is 17.7 Å². The van der Waals surface area contributed by atoms with E-state index in [9.17, 15) is 18.0 Å². The van der Waals surface area contributed by atoms with Crippen molar-refractivity contribution in [3.63, 3.8) is 0 Å². The third kappa shape index (κ3) is 8.35. The molecule has 0 aromatic carbocycles. The van der Waals surface area contributed by atoms with Gasteiger partial charge in [-0.3, -0.25) is 4.79 Å². The molecule has 0 bridgehead atoms. The average molecular weight is 358 g/mol. The maximum absolute atomic E-state index is 11.3. The Bertz CT molecular complexity index is 586. The van der Waals surface area contributed by atoms with E-state index < -0.39 is 6.68 Å². The number of carbonyl (C=O) groups excluding carboxylic acids is 1. The van der Waals surface area contributed by atoms with Crippen molar-refractivity contribution < 1.29 is 27.4 Å². The van der Waals surface area contributed by atoms with Gasteiger partial charge < -0.3 is 14.8 Å². The first kappa shape index (κ1) is 20.7. The predicted molar refractivity (Wildman–Crippen MR) is 89.3 cm³/mol. The fourth-order valence-corrected chi connectivity index (χ4v) is 2.18. The first-order chi connectivity index (χ1) is 12.0. The maximum atomic E-state index is 11.3. The minimum Gasteiger partial charge on any atom is -0.481 e. The summed E-state index contributed by atoms with van der Waals surface area (Å²) in [5, 5.41) is 2.69. The van der Waals surface area contributed by atoms with E-state index in [1.165, 1.54) is 6.08 Å². The van der Waals surface area contributed by atoms with Gasteiger partial charge in [0.15, 0.2) is 0 Å². The van der Waals surface area contributed by atoms with Crippen molar-refractivity contribution in [3.8, 4) is 5.88 Å². The number of pyridine rings is 1.